The number of hydrogen-bond acceptors (Lipinski definition) is 3. The summed E-state index contributed by atoms with van der Waals surface area (Å²) in [5.74, 6) is -0.0242. The van der Waals surface area contributed by atoms with Crippen LogP contribution in [0.3, 0.4) is 0 Å². The third-order valence-corrected chi connectivity index (χ3v) is 3.04. The van der Waals surface area contributed by atoms with Gasteiger partial charge in [0.05, 0.1) is 12.2 Å². The normalized spacial score (nSPS) is 10.0. The number of aryl methyl sites for hydroxylation is 1. The molecule has 0 fully saturated rings. The Kier molecular flexibility index (Phi) is 4.18. The Morgan fingerprint density at radius 3 is 2.75 bits per heavy atom. The van der Waals surface area contributed by atoms with Gasteiger partial charge in [-0.05, 0) is 40.5 Å². The molecular weight excluding hydrogens is 270 g/mol. The molecule has 1 amide bonds. The fraction of sp³-hybridized carbons (Fsp3) is 0.364. The molecule has 0 atom stereocenters. The Labute approximate surface area is 104 Å². The van der Waals surface area contributed by atoms with Crippen LogP contribution in [-0.2, 0) is 4.79 Å². The van der Waals surface area contributed by atoms with Crippen molar-refractivity contribution in [1.29, 1.82) is 0 Å². The zero-order chi connectivity index (χ0) is 12.3. The summed E-state index contributed by atoms with van der Waals surface area (Å²) in [5, 5.41) is 2.59. The average Bonchev–Trinajstić information content (AvgIpc) is 2.23. The molecule has 0 radical (unpaired) electrons. The minimum atomic E-state index is -0.0242. The molecule has 0 bridgehead atoms. The van der Waals surface area contributed by atoms with E-state index in [-0.39, 0.29) is 5.91 Å². The minimum Gasteiger partial charge on any atom is -0.398 e. The largest absolute Gasteiger partial charge is 0.398 e. The van der Waals surface area contributed by atoms with E-state index in [1.165, 1.54) is 0 Å². The molecule has 1 rings (SSSR count). The van der Waals surface area contributed by atoms with Crippen molar-refractivity contribution in [1.82, 2.24) is 5.32 Å². The lowest BCUT2D eigenvalue weighted by Crippen LogP contribution is -2.33. The summed E-state index contributed by atoms with van der Waals surface area (Å²) in [5.41, 5.74) is 8.48. The smallest absolute Gasteiger partial charge is 0.239 e. The van der Waals surface area contributed by atoms with Crippen molar-refractivity contribution in [3.05, 3.63) is 22.2 Å². The molecular formula is C11H16BrN3O. The fourth-order valence-electron chi connectivity index (χ4n) is 1.35. The third-order valence-electron chi connectivity index (χ3n) is 2.41. The van der Waals surface area contributed by atoms with E-state index in [1.54, 1.807) is 7.05 Å². The number of hydrogen-bond donors (Lipinski definition) is 2. The highest BCUT2D eigenvalue weighted by molar-refractivity contribution is 9.10. The van der Waals surface area contributed by atoms with Crippen molar-refractivity contribution >= 4 is 33.2 Å². The first kappa shape index (κ1) is 12.8. The van der Waals surface area contributed by atoms with Gasteiger partial charge in [0, 0.05) is 24.3 Å². The van der Waals surface area contributed by atoms with E-state index in [2.05, 4.69) is 21.2 Å². The first-order chi connectivity index (χ1) is 7.45. The van der Waals surface area contributed by atoms with E-state index in [4.69, 9.17) is 5.73 Å². The van der Waals surface area contributed by atoms with Gasteiger partial charge < -0.3 is 16.0 Å². The Bertz CT molecular complexity index is 406. The van der Waals surface area contributed by atoms with Gasteiger partial charge in [0.1, 0.15) is 0 Å². The van der Waals surface area contributed by atoms with Crippen LogP contribution in [0, 0.1) is 6.92 Å². The van der Waals surface area contributed by atoms with Crippen LogP contribution in [0.2, 0.25) is 0 Å². The van der Waals surface area contributed by atoms with Gasteiger partial charge in [-0.1, -0.05) is 0 Å². The molecule has 5 heteroatoms. The summed E-state index contributed by atoms with van der Waals surface area (Å²) in [7, 11) is 3.49. The first-order valence-corrected chi connectivity index (χ1v) is 5.72. The van der Waals surface area contributed by atoms with Crippen LogP contribution >= 0.6 is 15.9 Å². The third kappa shape index (κ3) is 2.88. The first-order valence-electron chi connectivity index (χ1n) is 4.93. The second kappa shape index (κ2) is 5.21. The predicted octanol–water partition coefficient (Wildman–Crippen LogP) is 1.52. The van der Waals surface area contributed by atoms with Gasteiger partial charge >= 0.3 is 0 Å². The molecule has 0 unspecified atom stereocenters. The van der Waals surface area contributed by atoms with Crippen LogP contribution in [-0.4, -0.2) is 26.5 Å². The van der Waals surface area contributed by atoms with Crippen LogP contribution < -0.4 is 16.0 Å². The number of nitrogens with zero attached hydrogens (tertiary/aromatic N) is 1. The van der Waals surface area contributed by atoms with Gasteiger partial charge in [-0.3, -0.25) is 4.79 Å². The molecule has 0 aromatic heterocycles. The van der Waals surface area contributed by atoms with E-state index in [0.29, 0.717) is 6.54 Å². The predicted molar refractivity (Wildman–Crippen MR) is 70.6 cm³/mol. The molecule has 4 nitrogen and oxygen atoms in total. The zero-order valence-corrected chi connectivity index (χ0v) is 11.3. The molecule has 0 heterocycles. The molecule has 1 aromatic carbocycles. The van der Waals surface area contributed by atoms with Gasteiger partial charge in [-0.2, -0.15) is 0 Å². The highest BCUT2D eigenvalue weighted by Gasteiger charge is 2.10. The Morgan fingerprint density at radius 1 is 1.56 bits per heavy atom. The monoisotopic (exact) mass is 285 g/mol. The van der Waals surface area contributed by atoms with E-state index in [9.17, 15) is 4.79 Å². The maximum atomic E-state index is 11.3. The van der Waals surface area contributed by atoms with Crippen LogP contribution in [0.5, 0.6) is 0 Å². The number of carbonyl (C=O) groups excluding carboxylic acids is 1. The number of benzene rings is 1. The number of nitrogens with one attached hydrogen (secondary N) is 1. The molecule has 1 aromatic rings. The molecule has 0 saturated heterocycles. The van der Waals surface area contributed by atoms with E-state index >= 15 is 0 Å². The number of halogens is 1. The number of likely N-dealkylation sites (N-methyl/N-ethyl adjacent to an activating group) is 2. The van der Waals surface area contributed by atoms with Crippen molar-refractivity contribution in [2.45, 2.75) is 6.92 Å². The van der Waals surface area contributed by atoms with Gasteiger partial charge in [-0.25, -0.2) is 0 Å². The van der Waals surface area contributed by atoms with Crippen LogP contribution in [0.25, 0.3) is 0 Å². The summed E-state index contributed by atoms with van der Waals surface area (Å²) >= 11 is 3.44. The topological polar surface area (TPSA) is 58.4 Å². The molecule has 88 valence electrons. The molecule has 0 aliphatic rings. The minimum absolute atomic E-state index is 0.0242. The molecule has 0 aliphatic heterocycles. The molecule has 3 N–H and O–H groups in total. The van der Waals surface area contributed by atoms with Gasteiger partial charge in [0.2, 0.25) is 5.91 Å². The lowest BCUT2D eigenvalue weighted by molar-refractivity contribution is -0.119. The summed E-state index contributed by atoms with van der Waals surface area (Å²) in [4.78, 5) is 13.1. The molecule has 0 spiro atoms. The number of nitrogen functional groups attached to an aromatic ring is 1. The summed E-state index contributed by atoms with van der Waals surface area (Å²) in [6, 6.07) is 3.81. The summed E-state index contributed by atoms with van der Waals surface area (Å²) < 4.78 is 0.891. The highest BCUT2D eigenvalue weighted by Crippen LogP contribution is 2.29. The van der Waals surface area contributed by atoms with Crippen LogP contribution in [0.15, 0.2) is 16.6 Å². The number of carbonyl (C=O) groups is 1. The lowest BCUT2D eigenvalue weighted by Gasteiger charge is -2.20. The zero-order valence-electron chi connectivity index (χ0n) is 9.67. The van der Waals surface area contributed by atoms with Gasteiger partial charge in [-0.15, -0.1) is 0 Å². The second-order valence-electron chi connectivity index (χ2n) is 3.69. The Hall–Kier alpha value is -1.23. The number of rotatable bonds is 3. The van der Waals surface area contributed by atoms with E-state index in [0.717, 1.165) is 21.4 Å². The van der Waals surface area contributed by atoms with Crippen molar-refractivity contribution in [3.8, 4) is 0 Å². The van der Waals surface area contributed by atoms with E-state index in [1.807, 2.05) is 31.0 Å². The SMILES string of the molecule is CNC(=O)CN(C)c1cc(C)c(N)cc1Br. The summed E-state index contributed by atoms with van der Waals surface area (Å²) in [6.07, 6.45) is 0. The number of nitrogens with two attached hydrogens (primary N) is 1. The van der Waals surface area contributed by atoms with Crippen molar-refractivity contribution in [2.24, 2.45) is 0 Å². The Morgan fingerprint density at radius 2 is 2.19 bits per heavy atom. The van der Waals surface area contributed by atoms with Crippen molar-refractivity contribution in [3.63, 3.8) is 0 Å². The average molecular weight is 286 g/mol. The summed E-state index contributed by atoms with van der Waals surface area (Å²) in [6.45, 7) is 2.26. The highest BCUT2D eigenvalue weighted by atomic mass is 79.9. The van der Waals surface area contributed by atoms with E-state index < -0.39 is 0 Å². The molecule has 16 heavy (non-hydrogen) atoms. The standard InChI is InChI=1S/C11H16BrN3O/c1-7-4-10(8(12)5-9(7)13)15(3)6-11(16)14-2/h4-5H,6,13H2,1-3H3,(H,14,16). The molecule has 0 aliphatic carbocycles. The van der Waals surface area contributed by atoms with Crippen LogP contribution in [0.1, 0.15) is 5.56 Å². The lowest BCUT2D eigenvalue weighted by atomic mass is 10.1. The fourth-order valence-corrected chi connectivity index (χ4v) is 2.02. The number of anilines is 2. The maximum Gasteiger partial charge on any atom is 0.239 e. The van der Waals surface area contributed by atoms with Crippen LogP contribution in [0.4, 0.5) is 11.4 Å². The molecule has 0 saturated carbocycles. The Balaban J connectivity index is 2.95. The quantitative estimate of drug-likeness (QED) is 0.828. The number of amides is 1. The van der Waals surface area contributed by atoms with Gasteiger partial charge in [0.15, 0.2) is 0 Å². The van der Waals surface area contributed by atoms with Crippen molar-refractivity contribution < 1.29 is 4.79 Å². The second-order valence-corrected chi connectivity index (χ2v) is 4.54. The maximum absolute atomic E-state index is 11.3. The van der Waals surface area contributed by atoms with Crippen molar-refractivity contribution in [2.75, 3.05) is 31.3 Å². The van der Waals surface area contributed by atoms with Gasteiger partial charge in [0.25, 0.3) is 0 Å².